The van der Waals surface area contributed by atoms with Crippen LogP contribution in [-0.2, 0) is 0 Å². The second kappa shape index (κ2) is 6.32. The normalized spacial score (nSPS) is 18.0. The van der Waals surface area contributed by atoms with Crippen LogP contribution in [0.15, 0.2) is 22.7 Å². The third kappa shape index (κ3) is 3.16. The van der Waals surface area contributed by atoms with Gasteiger partial charge in [-0.2, -0.15) is 0 Å². The topological polar surface area (TPSA) is 75.5 Å². The summed E-state index contributed by atoms with van der Waals surface area (Å²) in [6.45, 7) is 4.18. The first-order chi connectivity index (χ1) is 9.52. The highest BCUT2D eigenvalue weighted by Gasteiger charge is 2.27. The predicted molar refractivity (Wildman–Crippen MR) is 78.8 cm³/mol. The number of halogens is 1. The zero-order valence-electron chi connectivity index (χ0n) is 11.1. The summed E-state index contributed by atoms with van der Waals surface area (Å²) in [5, 5.41) is 14.1. The van der Waals surface area contributed by atoms with Gasteiger partial charge in [0.05, 0.1) is 4.92 Å². The molecule has 2 rings (SSSR count). The molecule has 0 aliphatic carbocycles. The van der Waals surface area contributed by atoms with Crippen LogP contribution in [0.3, 0.4) is 0 Å². The molecule has 1 fully saturated rings. The van der Waals surface area contributed by atoms with Crippen LogP contribution in [0, 0.1) is 10.1 Å². The molecule has 1 amide bonds. The average molecular weight is 342 g/mol. The Hall–Kier alpha value is -1.47. The Labute approximate surface area is 125 Å². The van der Waals surface area contributed by atoms with E-state index in [9.17, 15) is 14.9 Å². The molecule has 20 heavy (non-hydrogen) atoms. The van der Waals surface area contributed by atoms with Crippen molar-refractivity contribution in [1.29, 1.82) is 0 Å². The van der Waals surface area contributed by atoms with Crippen LogP contribution in [0.5, 0.6) is 0 Å². The molecule has 1 aliphatic heterocycles. The van der Waals surface area contributed by atoms with Crippen molar-refractivity contribution >= 4 is 27.5 Å². The second-order valence-corrected chi connectivity index (χ2v) is 5.61. The first-order valence-corrected chi connectivity index (χ1v) is 7.29. The van der Waals surface area contributed by atoms with E-state index in [1.807, 2.05) is 6.92 Å². The van der Waals surface area contributed by atoms with Crippen LogP contribution in [0.4, 0.5) is 5.69 Å². The summed E-state index contributed by atoms with van der Waals surface area (Å²) in [4.78, 5) is 24.7. The molecule has 0 bridgehead atoms. The van der Waals surface area contributed by atoms with Gasteiger partial charge in [-0.05, 0) is 26.0 Å². The van der Waals surface area contributed by atoms with E-state index >= 15 is 0 Å². The first kappa shape index (κ1) is 14.9. The van der Waals surface area contributed by atoms with Crippen molar-refractivity contribution in [2.24, 2.45) is 0 Å². The lowest BCUT2D eigenvalue weighted by Crippen LogP contribution is -2.41. The number of hydrogen-bond donors (Lipinski definition) is 1. The quantitative estimate of drug-likeness (QED) is 0.672. The highest BCUT2D eigenvalue weighted by Crippen LogP contribution is 2.23. The second-order valence-electron chi connectivity index (χ2n) is 4.69. The van der Waals surface area contributed by atoms with Gasteiger partial charge in [0.25, 0.3) is 11.6 Å². The standard InChI is InChI=1S/C13H16BrN3O3/c1-2-16(11-3-4-15-8-11)13(18)9-5-10(14)7-12(6-9)17(19)20/h5-7,11,15H,2-4,8H2,1H3. The zero-order valence-corrected chi connectivity index (χ0v) is 12.7. The highest BCUT2D eigenvalue weighted by atomic mass is 79.9. The maximum Gasteiger partial charge on any atom is 0.271 e. The maximum atomic E-state index is 12.5. The molecule has 0 saturated carbocycles. The number of carbonyl (C=O) groups excluding carboxylic acids is 1. The van der Waals surface area contributed by atoms with Gasteiger partial charge in [0.15, 0.2) is 0 Å². The molecule has 0 radical (unpaired) electrons. The summed E-state index contributed by atoms with van der Waals surface area (Å²) in [5.41, 5.74) is 0.267. The fourth-order valence-electron chi connectivity index (χ4n) is 2.44. The van der Waals surface area contributed by atoms with Crippen molar-refractivity contribution in [2.45, 2.75) is 19.4 Å². The molecule has 1 N–H and O–H groups in total. The molecule has 0 spiro atoms. The van der Waals surface area contributed by atoms with E-state index in [1.165, 1.54) is 12.1 Å². The Morgan fingerprint density at radius 2 is 2.30 bits per heavy atom. The number of rotatable bonds is 4. The number of nitrogens with zero attached hydrogens (tertiary/aromatic N) is 2. The van der Waals surface area contributed by atoms with E-state index in [2.05, 4.69) is 21.2 Å². The number of benzene rings is 1. The summed E-state index contributed by atoms with van der Waals surface area (Å²) in [7, 11) is 0. The van der Waals surface area contributed by atoms with E-state index < -0.39 is 4.92 Å². The van der Waals surface area contributed by atoms with Crippen molar-refractivity contribution in [3.8, 4) is 0 Å². The Morgan fingerprint density at radius 3 is 2.85 bits per heavy atom. The third-order valence-electron chi connectivity index (χ3n) is 3.42. The first-order valence-electron chi connectivity index (χ1n) is 6.49. The molecule has 108 valence electrons. The number of nitro benzene ring substituents is 1. The Balaban J connectivity index is 2.29. The Kier molecular flexibility index (Phi) is 4.72. The van der Waals surface area contributed by atoms with Crippen molar-refractivity contribution in [3.05, 3.63) is 38.3 Å². The van der Waals surface area contributed by atoms with E-state index in [0.29, 0.717) is 16.6 Å². The van der Waals surface area contributed by atoms with Crippen LogP contribution < -0.4 is 5.32 Å². The fraction of sp³-hybridized carbons (Fsp3) is 0.462. The summed E-state index contributed by atoms with van der Waals surface area (Å²) >= 11 is 3.22. The lowest BCUT2D eigenvalue weighted by Gasteiger charge is -2.27. The van der Waals surface area contributed by atoms with Gasteiger partial charge >= 0.3 is 0 Å². The number of amides is 1. The minimum Gasteiger partial charge on any atom is -0.335 e. The molecule has 0 aromatic heterocycles. The number of likely N-dealkylation sites (N-methyl/N-ethyl adjacent to an activating group) is 1. The molecular formula is C13H16BrN3O3. The van der Waals surface area contributed by atoms with Gasteiger partial charge < -0.3 is 10.2 Å². The minimum atomic E-state index is -0.491. The molecule has 1 unspecified atom stereocenters. The van der Waals surface area contributed by atoms with Crippen LogP contribution in [0.2, 0.25) is 0 Å². The molecule has 7 heteroatoms. The van der Waals surface area contributed by atoms with Crippen LogP contribution >= 0.6 is 15.9 Å². The summed E-state index contributed by atoms with van der Waals surface area (Å²) in [6, 6.07) is 4.51. The predicted octanol–water partition coefficient (Wildman–Crippen LogP) is 2.18. The van der Waals surface area contributed by atoms with E-state index in [0.717, 1.165) is 19.5 Å². The number of carbonyl (C=O) groups is 1. The van der Waals surface area contributed by atoms with Gasteiger partial charge in [-0.25, -0.2) is 0 Å². The summed E-state index contributed by atoms with van der Waals surface area (Å²) < 4.78 is 0.538. The van der Waals surface area contributed by atoms with Crippen molar-refractivity contribution in [1.82, 2.24) is 10.2 Å². The van der Waals surface area contributed by atoms with Crippen molar-refractivity contribution < 1.29 is 9.72 Å². The number of non-ortho nitro benzene ring substituents is 1. The molecule has 1 aromatic carbocycles. The Morgan fingerprint density at radius 1 is 1.55 bits per heavy atom. The SMILES string of the molecule is CCN(C(=O)c1cc(Br)cc([N+](=O)[O-])c1)C1CCNC1. The van der Waals surface area contributed by atoms with Gasteiger partial charge in [0, 0.05) is 41.3 Å². The summed E-state index contributed by atoms with van der Waals surface area (Å²) in [6.07, 6.45) is 0.912. The average Bonchev–Trinajstić information content (AvgIpc) is 2.92. The number of nitro groups is 1. The highest BCUT2D eigenvalue weighted by molar-refractivity contribution is 9.10. The van der Waals surface area contributed by atoms with Crippen LogP contribution in [-0.4, -0.2) is 41.4 Å². The molecule has 1 aliphatic rings. The van der Waals surface area contributed by atoms with Crippen LogP contribution in [0.25, 0.3) is 0 Å². The van der Waals surface area contributed by atoms with E-state index in [1.54, 1.807) is 11.0 Å². The third-order valence-corrected chi connectivity index (χ3v) is 3.87. The number of hydrogen-bond acceptors (Lipinski definition) is 4. The zero-order chi connectivity index (χ0) is 14.7. The largest absolute Gasteiger partial charge is 0.335 e. The molecule has 6 nitrogen and oxygen atoms in total. The van der Waals surface area contributed by atoms with Gasteiger partial charge in [0.2, 0.25) is 0 Å². The molecular weight excluding hydrogens is 326 g/mol. The lowest BCUT2D eigenvalue weighted by molar-refractivity contribution is -0.385. The molecule has 1 atom stereocenters. The van der Waals surface area contributed by atoms with Crippen molar-refractivity contribution in [3.63, 3.8) is 0 Å². The molecule has 1 aromatic rings. The minimum absolute atomic E-state index is 0.0803. The van der Waals surface area contributed by atoms with E-state index in [4.69, 9.17) is 0 Å². The van der Waals surface area contributed by atoms with Gasteiger partial charge in [0.1, 0.15) is 0 Å². The molecule has 1 heterocycles. The monoisotopic (exact) mass is 341 g/mol. The van der Waals surface area contributed by atoms with Crippen LogP contribution in [0.1, 0.15) is 23.7 Å². The smallest absolute Gasteiger partial charge is 0.271 e. The van der Waals surface area contributed by atoms with E-state index in [-0.39, 0.29) is 17.6 Å². The van der Waals surface area contributed by atoms with Gasteiger partial charge in [-0.3, -0.25) is 14.9 Å². The maximum absolute atomic E-state index is 12.5. The molecule has 1 saturated heterocycles. The van der Waals surface area contributed by atoms with Gasteiger partial charge in [-0.15, -0.1) is 0 Å². The Bertz CT molecular complexity index is 530. The fourth-order valence-corrected chi connectivity index (χ4v) is 2.92. The summed E-state index contributed by atoms with van der Waals surface area (Å²) in [5.74, 6) is -0.161. The van der Waals surface area contributed by atoms with Crippen molar-refractivity contribution in [2.75, 3.05) is 19.6 Å². The number of nitrogens with one attached hydrogen (secondary N) is 1. The van der Waals surface area contributed by atoms with Gasteiger partial charge in [-0.1, -0.05) is 15.9 Å². The lowest BCUT2D eigenvalue weighted by atomic mass is 10.1.